The highest BCUT2D eigenvalue weighted by atomic mass is 19.1. The molecule has 1 aromatic carbocycles. The second-order valence-corrected chi connectivity index (χ2v) is 8.23. The van der Waals surface area contributed by atoms with Gasteiger partial charge >= 0.3 is 0 Å². The van der Waals surface area contributed by atoms with Crippen LogP contribution in [0.3, 0.4) is 0 Å². The van der Waals surface area contributed by atoms with Crippen molar-refractivity contribution in [1.82, 2.24) is 20.2 Å². The molecule has 0 bridgehead atoms. The van der Waals surface area contributed by atoms with E-state index in [0.29, 0.717) is 5.56 Å². The van der Waals surface area contributed by atoms with Crippen LogP contribution >= 0.6 is 0 Å². The lowest BCUT2D eigenvalue weighted by Crippen LogP contribution is -1.92. The van der Waals surface area contributed by atoms with Crippen molar-refractivity contribution >= 4 is 22.0 Å². The predicted octanol–water partition coefficient (Wildman–Crippen LogP) is 7.94. The molecule has 0 radical (unpaired) electrons. The molecule has 0 saturated heterocycles. The minimum atomic E-state index is -0.276. The van der Waals surface area contributed by atoms with Gasteiger partial charge in [0.2, 0.25) is 0 Å². The van der Waals surface area contributed by atoms with E-state index >= 15 is 0 Å². The van der Waals surface area contributed by atoms with Crippen molar-refractivity contribution in [2.75, 3.05) is 0 Å². The Kier molecular flexibility index (Phi) is 7.06. The Morgan fingerprint density at radius 2 is 1.94 bits per heavy atom. The normalized spacial score (nSPS) is 12.9. The summed E-state index contributed by atoms with van der Waals surface area (Å²) in [4.78, 5) is 8.08. The van der Waals surface area contributed by atoms with E-state index in [2.05, 4.69) is 46.3 Å². The number of H-pyrrole nitrogens is 2. The zero-order valence-electron chi connectivity index (χ0n) is 20.3. The summed E-state index contributed by atoms with van der Waals surface area (Å²) in [7, 11) is 0. The van der Waals surface area contributed by atoms with Crippen molar-refractivity contribution in [3.05, 3.63) is 120 Å². The lowest BCUT2D eigenvalue weighted by Gasteiger charge is -2.08. The molecule has 4 nitrogen and oxygen atoms in total. The Hall–Kier alpha value is -4.25. The van der Waals surface area contributed by atoms with Crippen molar-refractivity contribution < 1.29 is 4.39 Å². The highest BCUT2D eigenvalue weighted by Gasteiger charge is 2.18. The van der Waals surface area contributed by atoms with Crippen LogP contribution in [0.25, 0.3) is 33.4 Å². The monoisotopic (exact) mass is 464 g/mol. The summed E-state index contributed by atoms with van der Waals surface area (Å²) >= 11 is 0. The number of aromatic amines is 2. The fourth-order valence-electron chi connectivity index (χ4n) is 4.18. The van der Waals surface area contributed by atoms with E-state index in [1.807, 2.05) is 50.3 Å². The summed E-state index contributed by atoms with van der Waals surface area (Å²) in [5, 5.41) is 8.61. The van der Waals surface area contributed by atoms with Gasteiger partial charge in [0.05, 0.1) is 23.1 Å². The van der Waals surface area contributed by atoms with E-state index in [-0.39, 0.29) is 5.82 Å². The summed E-state index contributed by atoms with van der Waals surface area (Å²) in [6.45, 7) is 13.8. The van der Waals surface area contributed by atoms with Gasteiger partial charge in [-0.3, -0.25) is 10.1 Å². The Balaban J connectivity index is 1.82. The topological polar surface area (TPSA) is 57.4 Å². The standard InChI is InChI=1S/C30H29FN4/c1-6-12-22(23-13-10-11-14-26(23)31)24-16-28(33-19(24)5)30-25-17-27(32-18-29(25)34-35-30)21(9-4)15-20(7-2)8-3/h6-7,9-18,33H,1-2,8H2,3-5H3,(H,34,35)/b20-15+,21-9+,22-12-. The highest BCUT2D eigenvalue weighted by molar-refractivity contribution is 5.95. The summed E-state index contributed by atoms with van der Waals surface area (Å²) in [5.74, 6) is -0.276. The zero-order chi connectivity index (χ0) is 24.9. The maximum atomic E-state index is 14.6. The van der Waals surface area contributed by atoms with Gasteiger partial charge in [-0.25, -0.2) is 4.39 Å². The van der Waals surface area contributed by atoms with E-state index < -0.39 is 0 Å². The summed E-state index contributed by atoms with van der Waals surface area (Å²) in [5.41, 5.74) is 8.58. The number of fused-ring (bicyclic) bond motifs is 1. The molecule has 3 heterocycles. The van der Waals surface area contributed by atoms with E-state index in [1.54, 1.807) is 24.4 Å². The van der Waals surface area contributed by atoms with Gasteiger partial charge < -0.3 is 4.98 Å². The molecular weight excluding hydrogens is 435 g/mol. The molecule has 0 spiro atoms. The molecule has 0 fully saturated rings. The molecule has 5 heteroatoms. The van der Waals surface area contributed by atoms with Crippen LogP contribution in [-0.4, -0.2) is 20.2 Å². The third-order valence-corrected chi connectivity index (χ3v) is 6.07. The molecule has 0 aliphatic rings. The number of pyridine rings is 1. The average molecular weight is 465 g/mol. The van der Waals surface area contributed by atoms with Crippen LogP contribution in [0, 0.1) is 12.7 Å². The number of aryl methyl sites for hydroxylation is 1. The average Bonchev–Trinajstić information content (AvgIpc) is 3.46. The van der Waals surface area contributed by atoms with Gasteiger partial charge in [0, 0.05) is 22.2 Å². The molecule has 0 aliphatic heterocycles. The molecule has 2 N–H and O–H groups in total. The van der Waals surface area contributed by atoms with E-state index in [1.165, 1.54) is 6.07 Å². The Morgan fingerprint density at radius 3 is 2.63 bits per heavy atom. The smallest absolute Gasteiger partial charge is 0.131 e. The number of rotatable bonds is 8. The SMILES string of the molecule is C=C/C=C(/c1ccccc1F)c1cc(-c2n[nH]c3cnc(C(/C=C(\C=C)CC)=C/C)cc23)[nH]c1C. The van der Waals surface area contributed by atoms with Crippen LogP contribution in [0.2, 0.25) is 0 Å². The van der Waals surface area contributed by atoms with Crippen molar-refractivity contribution in [1.29, 1.82) is 0 Å². The van der Waals surface area contributed by atoms with Crippen LogP contribution in [0.5, 0.6) is 0 Å². The van der Waals surface area contributed by atoms with Crippen LogP contribution in [0.1, 0.15) is 42.8 Å². The Morgan fingerprint density at radius 1 is 1.14 bits per heavy atom. The second kappa shape index (κ2) is 10.3. The van der Waals surface area contributed by atoms with E-state index in [4.69, 9.17) is 0 Å². The van der Waals surface area contributed by atoms with Gasteiger partial charge in [0.1, 0.15) is 11.5 Å². The number of benzene rings is 1. The van der Waals surface area contributed by atoms with Crippen LogP contribution in [0.4, 0.5) is 4.39 Å². The molecule has 4 rings (SSSR count). The first-order chi connectivity index (χ1) is 17.0. The van der Waals surface area contributed by atoms with Crippen molar-refractivity contribution in [2.45, 2.75) is 27.2 Å². The lowest BCUT2D eigenvalue weighted by molar-refractivity contribution is 0.624. The number of aromatic nitrogens is 4. The number of nitrogens with zero attached hydrogens (tertiary/aromatic N) is 2. The van der Waals surface area contributed by atoms with Gasteiger partial charge in [-0.15, -0.1) is 0 Å². The van der Waals surface area contributed by atoms with E-state index in [0.717, 1.165) is 62.4 Å². The molecule has 0 aliphatic carbocycles. The quantitative estimate of drug-likeness (QED) is 0.260. The molecule has 0 amide bonds. The lowest BCUT2D eigenvalue weighted by atomic mass is 9.97. The summed E-state index contributed by atoms with van der Waals surface area (Å²) in [6.07, 6.45) is 12.2. The minimum absolute atomic E-state index is 0.276. The van der Waals surface area contributed by atoms with Crippen LogP contribution < -0.4 is 0 Å². The van der Waals surface area contributed by atoms with Gasteiger partial charge in [0.15, 0.2) is 0 Å². The van der Waals surface area contributed by atoms with Crippen molar-refractivity contribution in [2.24, 2.45) is 0 Å². The summed E-state index contributed by atoms with van der Waals surface area (Å²) < 4.78 is 14.6. The highest BCUT2D eigenvalue weighted by Crippen LogP contribution is 2.34. The molecule has 35 heavy (non-hydrogen) atoms. The Bertz CT molecular complexity index is 1490. The fraction of sp³-hybridized carbons (Fsp3) is 0.133. The molecule has 0 saturated carbocycles. The maximum absolute atomic E-state index is 14.6. The fourth-order valence-corrected chi connectivity index (χ4v) is 4.18. The molecule has 3 aromatic heterocycles. The molecule has 176 valence electrons. The van der Waals surface area contributed by atoms with Crippen LogP contribution in [-0.2, 0) is 0 Å². The Labute approximate surface area is 205 Å². The largest absolute Gasteiger partial charge is 0.357 e. The third-order valence-electron chi connectivity index (χ3n) is 6.07. The first-order valence-electron chi connectivity index (χ1n) is 11.6. The van der Waals surface area contributed by atoms with Gasteiger partial charge in [-0.05, 0) is 61.3 Å². The predicted molar refractivity (Wildman–Crippen MR) is 144 cm³/mol. The van der Waals surface area contributed by atoms with Gasteiger partial charge in [0.25, 0.3) is 0 Å². The van der Waals surface area contributed by atoms with Crippen LogP contribution in [0.15, 0.2) is 91.7 Å². The third kappa shape index (κ3) is 4.71. The number of hydrogen-bond acceptors (Lipinski definition) is 2. The molecular formula is C30H29FN4. The number of allylic oxidation sites excluding steroid dienone is 7. The zero-order valence-corrected chi connectivity index (χ0v) is 20.3. The van der Waals surface area contributed by atoms with Crippen molar-refractivity contribution in [3.8, 4) is 11.4 Å². The first-order valence-corrected chi connectivity index (χ1v) is 11.6. The molecule has 0 unspecified atom stereocenters. The maximum Gasteiger partial charge on any atom is 0.131 e. The van der Waals surface area contributed by atoms with E-state index in [9.17, 15) is 4.39 Å². The van der Waals surface area contributed by atoms with Crippen molar-refractivity contribution in [3.63, 3.8) is 0 Å². The number of halogens is 1. The van der Waals surface area contributed by atoms with Gasteiger partial charge in [-0.2, -0.15) is 5.10 Å². The summed E-state index contributed by atoms with van der Waals surface area (Å²) in [6, 6.07) is 10.8. The minimum Gasteiger partial charge on any atom is -0.357 e. The second-order valence-electron chi connectivity index (χ2n) is 8.23. The number of nitrogens with one attached hydrogen (secondary N) is 2. The molecule has 4 aromatic rings. The number of hydrogen-bond donors (Lipinski definition) is 2. The molecule has 0 atom stereocenters. The van der Waals surface area contributed by atoms with Gasteiger partial charge in [-0.1, -0.05) is 62.6 Å². The first kappa shape index (κ1) is 23.9.